The van der Waals surface area contributed by atoms with Crippen LogP contribution in [0.3, 0.4) is 0 Å². The number of nitro groups is 1. The Labute approximate surface area is 191 Å². The maximum absolute atomic E-state index is 13.3. The van der Waals surface area contributed by atoms with Crippen molar-refractivity contribution in [3.8, 4) is 5.69 Å². The highest BCUT2D eigenvalue weighted by Crippen LogP contribution is 2.23. The number of carbonyl (C=O) groups is 1. The summed E-state index contributed by atoms with van der Waals surface area (Å²) in [7, 11) is -3.81. The van der Waals surface area contributed by atoms with Gasteiger partial charge in [-0.3, -0.25) is 14.9 Å². The van der Waals surface area contributed by atoms with Gasteiger partial charge in [0.05, 0.1) is 32.5 Å². The summed E-state index contributed by atoms with van der Waals surface area (Å²) in [4.78, 5) is 25.1. The van der Waals surface area contributed by atoms with Crippen molar-refractivity contribution in [2.45, 2.75) is 18.7 Å². The first-order chi connectivity index (χ1) is 15.7. The minimum absolute atomic E-state index is 0.0105. The van der Waals surface area contributed by atoms with Crippen LogP contribution in [0.2, 0.25) is 0 Å². The zero-order valence-electron chi connectivity index (χ0n) is 18.2. The molecular weight excluding hydrogens is 446 g/mol. The molecule has 33 heavy (non-hydrogen) atoms. The number of benzene rings is 2. The Bertz CT molecular complexity index is 1290. The number of aromatic nitrogens is 2. The molecule has 1 aliphatic heterocycles. The molecule has 0 aliphatic carbocycles. The van der Waals surface area contributed by atoms with Gasteiger partial charge in [-0.2, -0.15) is 9.40 Å². The lowest BCUT2D eigenvalue weighted by Crippen LogP contribution is -2.50. The van der Waals surface area contributed by atoms with Gasteiger partial charge in [0, 0.05) is 38.3 Å². The zero-order chi connectivity index (χ0) is 23.8. The van der Waals surface area contributed by atoms with Crippen molar-refractivity contribution in [1.82, 2.24) is 19.0 Å². The second-order valence-electron chi connectivity index (χ2n) is 7.74. The summed E-state index contributed by atoms with van der Waals surface area (Å²) in [6.07, 6.45) is 0. The lowest BCUT2D eigenvalue weighted by atomic mass is 10.1. The summed E-state index contributed by atoms with van der Waals surface area (Å²) in [5, 5.41) is 15.3. The first kappa shape index (κ1) is 22.6. The van der Waals surface area contributed by atoms with Gasteiger partial charge in [0.25, 0.3) is 11.6 Å². The quantitative estimate of drug-likeness (QED) is 0.419. The Kier molecular flexibility index (Phi) is 6.00. The maximum Gasteiger partial charge on any atom is 0.269 e. The van der Waals surface area contributed by atoms with Gasteiger partial charge < -0.3 is 4.90 Å². The van der Waals surface area contributed by atoms with Crippen molar-refractivity contribution in [2.75, 3.05) is 26.2 Å². The predicted molar refractivity (Wildman–Crippen MR) is 121 cm³/mol. The largest absolute Gasteiger partial charge is 0.336 e. The molecular formula is C22H23N5O5S. The molecule has 11 heteroatoms. The summed E-state index contributed by atoms with van der Waals surface area (Å²) in [5.41, 5.74) is 2.54. The van der Waals surface area contributed by atoms with Crippen LogP contribution in [0.1, 0.15) is 21.7 Å². The topological polar surface area (TPSA) is 119 Å². The Hall–Kier alpha value is -3.57. The number of nitrogens with zero attached hydrogens (tertiary/aromatic N) is 5. The van der Waals surface area contributed by atoms with Crippen LogP contribution in [0.25, 0.3) is 5.69 Å². The molecule has 4 rings (SSSR count). The van der Waals surface area contributed by atoms with E-state index in [1.807, 2.05) is 37.3 Å². The van der Waals surface area contributed by atoms with Crippen LogP contribution < -0.4 is 0 Å². The fourth-order valence-corrected chi connectivity index (χ4v) is 5.37. The molecule has 0 N–H and O–H groups in total. The normalized spacial score (nSPS) is 14.9. The van der Waals surface area contributed by atoms with E-state index in [9.17, 15) is 23.3 Å². The van der Waals surface area contributed by atoms with E-state index in [0.29, 0.717) is 11.3 Å². The molecule has 3 aromatic rings. The van der Waals surface area contributed by atoms with Crippen LogP contribution >= 0.6 is 0 Å². The molecule has 172 valence electrons. The van der Waals surface area contributed by atoms with Crippen LogP contribution in [0.4, 0.5) is 5.69 Å². The number of hydrogen-bond acceptors (Lipinski definition) is 6. The van der Waals surface area contributed by atoms with Gasteiger partial charge in [-0.15, -0.1) is 0 Å². The number of sulfonamides is 1. The molecule has 2 heterocycles. The Morgan fingerprint density at radius 2 is 1.58 bits per heavy atom. The summed E-state index contributed by atoms with van der Waals surface area (Å²) in [5.74, 6) is -0.181. The van der Waals surface area contributed by atoms with Gasteiger partial charge >= 0.3 is 0 Å². The van der Waals surface area contributed by atoms with Crippen LogP contribution in [0, 0.1) is 24.0 Å². The second-order valence-corrected chi connectivity index (χ2v) is 9.68. The number of hydrogen-bond donors (Lipinski definition) is 0. The van der Waals surface area contributed by atoms with E-state index in [1.165, 1.54) is 28.6 Å². The fourth-order valence-electron chi connectivity index (χ4n) is 3.95. The highest BCUT2D eigenvalue weighted by molar-refractivity contribution is 7.89. The maximum atomic E-state index is 13.3. The summed E-state index contributed by atoms with van der Waals surface area (Å²) >= 11 is 0. The SMILES string of the molecule is Cc1nn(-c2ccccc2)c(C)c1C(=O)N1CCN(S(=O)(=O)c2ccc([N+](=O)[O-])cc2)CC1. The van der Waals surface area contributed by atoms with Crippen molar-refractivity contribution in [1.29, 1.82) is 0 Å². The van der Waals surface area contributed by atoms with Crippen molar-refractivity contribution < 1.29 is 18.1 Å². The van der Waals surface area contributed by atoms with E-state index in [2.05, 4.69) is 5.10 Å². The number of para-hydroxylation sites is 1. The van der Waals surface area contributed by atoms with E-state index >= 15 is 0 Å². The Morgan fingerprint density at radius 1 is 0.970 bits per heavy atom. The first-order valence-electron chi connectivity index (χ1n) is 10.4. The van der Waals surface area contributed by atoms with Gasteiger partial charge in [0.15, 0.2) is 0 Å². The van der Waals surface area contributed by atoms with Crippen molar-refractivity contribution in [2.24, 2.45) is 0 Å². The van der Waals surface area contributed by atoms with Crippen LogP contribution in [0.15, 0.2) is 59.5 Å². The second kappa shape index (κ2) is 8.75. The van der Waals surface area contributed by atoms with E-state index in [4.69, 9.17) is 0 Å². The van der Waals surface area contributed by atoms with Gasteiger partial charge in [-0.05, 0) is 38.1 Å². The number of carbonyl (C=O) groups excluding carboxylic acids is 1. The Morgan fingerprint density at radius 3 is 2.15 bits per heavy atom. The van der Waals surface area contributed by atoms with Crippen molar-refractivity contribution in [3.63, 3.8) is 0 Å². The molecule has 0 bridgehead atoms. The molecule has 1 aliphatic rings. The third-order valence-corrected chi connectivity index (χ3v) is 7.63. The van der Waals surface area contributed by atoms with E-state index in [0.717, 1.165) is 11.4 Å². The molecule has 1 amide bonds. The molecule has 0 saturated carbocycles. The predicted octanol–water partition coefficient (Wildman–Crippen LogP) is 2.54. The number of nitro benzene ring substituents is 1. The molecule has 0 spiro atoms. The van der Waals surface area contributed by atoms with Crippen LogP contribution in [-0.4, -0.2) is 64.4 Å². The molecule has 10 nitrogen and oxygen atoms in total. The van der Waals surface area contributed by atoms with Gasteiger partial charge in [-0.1, -0.05) is 18.2 Å². The smallest absolute Gasteiger partial charge is 0.269 e. The van der Waals surface area contributed by atoms with Crippen LogP contribution in [-0.2, 0) is 10.0 Å². The molecule has 1 saturated heterocycles. The van der Waals surface area contributed by atoms with Gasteiger partial charge in [-0.25, -0.2) is 13.1 Å². The molecule has 2 aromatic carbocycles. The van der Waals surface area contributed by atoms with E-state index in [1.54, 1.807) is 16.5 Å². The molecule has 1 fully saturated rings. The average molecular weight is 470 g/mol. The monoisotopic (exact) mass is 469 g/mol. The summed E-state index contributed by atoms with van der Waals surface area (Å²) < 4.78 is 28.9. The molecule has 0 unspecified atom stereocenters. The minimum atomic E-state index is -3.81. The first-order valence-corrected chi connectivity index (χ1v) is 11.8. The lowest BCUT2D eigenvalue weighted by molar-refractivity contribution is -0.384. The standard InChI is InChI=1S/C22H23N5O5S/c1-16-21(17(2)26(23-16)18-6-4-3-5-7-18)22(28)24-12-14-25(15-13-24)33(31,32)20-10-8-19(9-11-20)27(29)30/h3-11H,12-15H2,1-2H3. The number of rotatable bonds is 5. The summed E-state index contributed by atoms with van der Waals surface area (Å²) in [6.45, 7) is 4.37. The van der Waals surface area contributed by atoms with Gasteiger partial charge in [0.1, 0.15) is 0 Å². The molecule has 0 atom stereocenters. The van der Waals surface area contributed by atoms with E-state index < -0.39 is 14.9 Å². The highest BCUT2D eigenvalue weighted by atomic mass is 32.2. The lowest BCUT2D eigenvalue weighted by Gasteiger charge is -2.34. The molecule has 0 radical (unpaired) electrons. The van der Waals surface area contributed by atoms with Crippen molar-refractivity contribution >= 4 is 21.6 Å². The summed E-state index contributed by atoms with van der Waals surface area (Å²) in [6, 6.07) is 14.3. The number of piperazine rings is 1. The minimum Gasteiger partial charge on any atom is -0.336 e. The number of amides is 1. The number of aryl methyl sites for hydroxylation is 1. The Balaban J connectivity index is 1.49. The average Bonchev–Trinajstić information content (AvgIpc) is 3.13. The number of non-ortho nitro benzene ring substituents is 1. The molecule has 1 aromatic heterocycles. The third-order valence-electron chi connectivity index (χ3n) is 5.72. The van der Waals surface area contributed by atoms with Crippen LogP contribution in [0.5, 0.6) is 0 Å². The fraction of sp³-hybridized carbons (Fsp3) is 0.273. The third kappa shape index (κ3) is 4.24. The van der Waals surface area contributed by atoms with E-state index in [-0.39, 0.29) is 42.7 Å². The highest BCUT2D eigenvalue weighted by Gasteiger charge is 2.32. The van der Waals surface area contributed by atoms with Crippen molar-refractivity contribution in [3.05, 3.63) is 81.7 Å². The van der Waals surface area contributed by atoms with Gasteiger partial charge in [0.2, 0.25) is 10.0 Å². The zero-order valence-corrected chi connectivity index (χ0v) is 19.0.